The summed E-state index contributed by atoms with van der Waals surface area (Å²) in [6.45, 7) is 1.26. The third-order valence-corrected chi connectivity index (χ3v) is 2.96. The molecule has 0 unspecified atom stereocenters. The molecule has 1 aliphatic heterocycles. The number of hydrogen-bond donors (Lipinski definition) is 2. The summed E-state index contributed by atoms with van der Waals surface area (Å²) in [6, 6.07) is 6.21. The van der Waals surface area contributed by atoms with Crippen LogP contribution in [0, 0.1) is 0 Å². The molecule has 16 heavy (non-hydrogen) atoms. The molecule has 4 heteroatoms. The van der Waals surface area contributed by atoms with Crippen molar-refractivity contribution in [3.63, 3.8) is 0 Å². The Kier molecular flexibility index (Phi) is 3.22. The molecule has 1 aromatic rings. The number of amides is 1. The number of rotatable bonds is 3. The molecule has 1 heterocycles. The lowest BCUT2D eigenvalue weighted by molar-refractivity contribution is -0.118. The molecule has 0 spiro atoms. The summed E-state index contributed by atoms with van der Waals surface area (Å²) < 4.78 is 0. The van der Waals surface area contributed by atoms with Gasteiger partial charge in [-0.1, -0.05) is 12.1 Å². The smallest absolute Gasteiger partial charge is 0.227 e. The van der Waals surface area contributed by atoms with Gasteiger partial charge in [-0.15, -0.1) is 0 Å². The van der Waals surface area contributed by atoms with Gasteiger partial charge < -0.3 is 16.0 Å². The molecule has 3 N–H and O–H groups in total. The molecular weight excluding hydrogens is 202 g/mol. The van der Waals surface area contributed by atoms with Crippen molar-refractivity contribution in [2.45, 2.75) is 19.4 Å². The normalized spacial score (nSPS) is 15.1. The highest BCUT2D eigenvalue weighted by Gasteiger charge is 2.20. The third-order valence-electron chi connectivity index (χ3n) is 2.96. The zero-order valence-electron chi connectivity index (χ0n) is 9.49. The van der Waals surface area contributed by atoms with Gasteiger partial charge in [0, 0.05) is 32.4 Å². The lowest BCUT2D eigenvalue weighted by Crippen LogP contribution is -2.31. The minimum atomic E-state index is 0.195. The number of nitrogens with two attached hydrogens (primary N) is 1. The highest BCUT2D eigenvalue weighted by molar-refractivity contribution is 5.95. The second-order valence-electron chi connectivity index (χ2n) is 4.05. The quantitative estimate of drug-likeness (QED) is 0.732. The summed E-state index contributed by atoms with van der Waals surface area (Å²) in [5.41, 5.74) is 8.89. The zero-order chi connectivity index (χ0) is 11.5. The number of benzene rings is 1. The van der Waals surface area contributed by atoms with Gasteiger partial charge >= 0.3 is 0 Å². The molecule has 0 aromatic heterocycles. The predicted molar refractivity (Wildman–Crippen MR) is 64.1 cm³/mol. The molecule has 0 saturated carbocycles. The van der Waals surface area contributed by atoms with E-state index in [1.165, 1.54) is 11.1 Å². The number of anilines is 1. The van der Waals surface area contributed by atoms with Gasteiger partial charge in [-0.3, -0.25) is 4.79 Å². The van der Waals surface area contributed by atoms with Crippen molar-refractivity contribution in [1.82, 2.24) is 5.32 Å². The van der Waals surface area contributed by atoms with Crippen LogP contribution in [0.15, 0.2) is 18.2 Å². The monoisotopic (exact) mass is 219 g/mol. The van der Waals surface area contributed by atoms with Crippen LogP contribution >= 0.6 is 0 Å². The summed E-state index contributed by atoms with van der Waals surface area (Å²) in [4.78, 5) is 13.2. The Balaban J connectivity index is 2.23. The third kappa shape index (κ3) is 2.08. The fourth-order valence-electron chi connectivity index (χ4n) is 2.04. The standard InChI is InChI=1S/C12H17N3O/c1-15-11-4-2-9(7-14-8-13)6-10(11)3-5-12(15)16/h2,4,6,14H,3,5,7-8,13H2,1H3. The number of nitrogens with zero attached hydrogens (tertiary/aromatic N) is 1. The van der Waals surface area contributed by atoms with E-state index < -0.39 is 0 Å². The Hall–Kier alpha value is -1.39. The first kappa shape index (κ1) is 11.1. The van der Waals surface area contributed by atoms with Crippen LogP contribution in [0.1, 0.15) is 17.5 Å². The highest BCUT2D eigenvalue weighted by Crippen LogP contribution is 2.27. The average molecular weight is 219 g/mol. The fourth-order valence-corrected chi connectivity index (χ4v) is 2.04. The van der Waals surface area contributed by atoms with Crippen molar-refractivity contribution in [3.05, 3.63) is 29.3 Å². The van der Waals surface area contributed by atoms with Gasteiger partial charge in [0.1, 0.15) is 0 Å². The maximum absolute atomic E-state index is 11.5. The number of fused-ring (bicyclic) bond motifs is 1. The van der Waals surface area contributed by atoms with E-state index in [4.69, 9.17) is 5.73 Å². The fraction of sp³-hybridized carbons (Fsp3) is 0.417. The van der Waals surface area contributed by atoms with Gasteiger partial charge in [0.15, 0.2) is 0 Å². The Morgan fingerprint density at radius 1 is 1.44 bits per heavy atom. The van der Waals surface area contributed by atoms with Crippen molar-refractivity contribution in [2.24, 2.45) is 5.73 Å². The highest BCUT2D eigenvalue weighted by atomic mass is 16.2. The minimum absolute atomic E-state index is 0.195. The summed E-state index contributed by atoms with van der Waals surface area (Å²) in [5.74, 6) is 0.195. The topological polar surface area (TPSA) is 58.4 Å². The maximum Gasteiger partial charge on any atom is 0.227 e. The number of carbonyl (C=O) groups is 1. The van der Waals surface area contributed by atoms with Crippen LogP contribution in [0.25, 0.3) is 0 Å². The van der Waals surface area contributed by atoms with E-state index in [0.717, 1.165) is 18.7 Å². The van der Waals surface area contributed by atoms with Gasteiger partial charge in [0.2, 0.25) is 5.91 Å². The molecule has 1 amide bonds. The van der Waals surface area contributed by atoms with E-state index in [2.05, 4.69) is 11.4 Å². The van der Waals surface area contributed by atoms with E-state index in [1.807, 2.05) is 19.2 Å². The van der Waals surface area contributed by atoms with Crippen molar-refractivity contribution < 1.29 is 4.79 Å². The molecule has 0 saturated heterocycles. The van der Waals surface area contributed by atoms with E-state index in [9.17, 15) is 4.79 Å². The second kappa shape index (κ2) is 4.63. The summed E-state index contributed by atoms with van der Waals surface area (Å²) in [6.07, 6.45) is 1.45. The number of nitrogens with one attached hydrogen (secondary N) is 1. The Bertz CT molecular complexity index is 403. The molecule has 0 radical (unpaired) electrons. The molecule has 0 bridgehead atoms. The molecule has 0 atom stereocenters. The van der Waals surface area contributed by atoms with Crippen LogP contribution < -0.4 is 16.0 Å². The predicted octanol–water partition coefficient (Wildman–Crippen LogP) is 0.601. The van der Waals surface area contributed by atoms with Crippen LogP contribution in [0.2, 0.25) is 0 Å². The van der Waals surface area contributed by atoms with Crippen LogP contribution in [-0.4, -0.2) is 19.6 Å². The van der Waals surface area contributed by atoms with Crippen LogP contribution in [0.3, 0.4) is 0 Å². The van der Waals surface area contributed by atoms with E-state index in [0.29, 0.717) is 13.1 Å². The zero-order valence-corrected chi connectivity index (χ0v) is 9.49. The van der Waals surface area contributed by atoms with Gasteiger partial charge in [-0.2, -0.15) is 0 Å². The van der Waals surface area contributed by atoms with Crippen molar-refractivity contribution in [3.8, 4) is 0 Å². The van der Waals surface area contributed by atoms with Crippen molar-refractivity contribution >= 4 is 11.6 Å². The lowest BCUT2D eigenvalue weighted by Gasteiger charge is -2.26. The number of carbonyl (C=O) groups excluding carboxylic acids is 1. The molecule has 0 aliphatic carbocycles. The van der Waals surface area contributed by atoms with Crippen LogP contribution in [0.4, 0.5) is 5.69 Å². The SMILES string of the molecule is CN1C(=O)CCc2cc(CNCN)ccc21. The van der Waals surface area contributed by atoms with Gasteiger partial charge in [0.25, 0.3) is 0 Å². The largest absolute Gasteiger partial charge is 0.318 e. The Morgan fingerprint density at radius 2 is 2.25 bits per heavy atom. The minimum Gasteiger partial charge on any atom is -0.318 e. The molecule has 4 nitrogen and oxygen atoms in total. The van der Waals surface area contributed by atoms with E-state index >= 15 is 0 Å². The number of aryl methyl sites for hydroxylation is 1. The number of hydrogen-bond acceptors (Lipinski definition) is 3. The van der Waals surface area contributed by atoms with Gasteiger partial charge in [0.05, 0.1) is 0 Å². The van der Waals surface area contributed by atoms with Gasteiger partial charge in [-0.05, 0) is 23.6 Å². The lowest BCUT2D eigenvalue weighted by atomic mass is 9.99. The first-order valence-electron chi connectivity index (χ1n) is 5.51. The van der Waals surface area contributed by atoms with Crippen molar-refractivity contribution in [1.29, 1.82) is 0 Å². The van der Waals surface area contributed by atoms with Crippen LogP contribution in [0.5, 0.6) is 0 Å². The molecule has 0 fully saturated rings. The van der Waals surface area contributed by atoms with E-state index in [-0.39, 0.29) is 5.91 Å². The molecule has 2 rings (SSSR count). The summed E-state index contributed by atoms with van der Waals surface area (Å²) in [5, 5.41) is 3.09. The molecular formula is C12H17N3O. The van der Waals surface area contributed by atoms with Crippen LogP contribution in [-0.2, 0) is 17.8 Å². The van der Waals surface area contributed by atoms with Gasteiger partial charge in [-0.25, -0.2) is 0 Å². The maximum atomic E-state index is 11.5. The summed E-state index contributed by atoms with van der Waals surface area (Å²) in [7, 11) is 1.83. The molecule has 1 aliphatic rings. The molecule has 86 valence electrons. The van der Waals surface area contributed by atoms with E-state index in [1.54, 1.807) is 4.90 Å². The Morgan fingerprint density at radius 3 is 3.00 bits per heavy atom. The second-order valence-corrected chi connectivity index (χ2v) is 4.05. The first-order chi connectivity index (χ1) is 7.72. The Labute approximate surface area is 95.4 Å². The molecule has 1 aromatic carbocycles. The first-order valence-corrected chi connectivity index (χ1v) is 5.51. The summed E-state index contributed by atoms with van der Waals surface area (Å²) >= 11 is 0. The average Bonchev–Trinajstić information content (AvgIpc) is 2.31. The van der Waals surface area contributed by atoms with Crippen molar-refractivity contribution in [2.75, 3.05) is 18.6 Å².